The molecule has 0 aliphatic carbocycles. The summed E-state index contributed by atoms with van der Waals surface area (Å²) < 4.78 is 5.15. The third-order valence-corrected chi connectivity index (χ3v) is 2.70. The largest absolute Gasteiger partial charge is 0.496 e. The van der Waals surface area contributed by atoms with Crippen LogP contribution in [-0.4, -0.2) is 24.0 Å². The maximum Gasteiger partial charge on any atom is 0.303 e. The van der Waals surface area contributed by atoms with Crippen LogP contribution in [0.15, 0.2) is 18.2 Å². The van der Waals surface area contributed by atoms with E-state index in [1.807, 2.05) is 13.0 Å². The lowest BCUT2D eigenvalue weighted by Gasteiger charge is -2.08. The molecule has 0 atom stereocenters. The van der Waals surface area contributed by atoms with Gasteiger partial charge in [-0.25, -0.2) is 0 Å². The van der Waals surface area contributed by atoms with E-state index in [0.29, 0.717) is 30.6 Å². The average Bonchev–Trinajstić information content (AvgIpc) is 2.34. The van der Waals surface area contributed by atoms with Gasteiger partial charge in [-0.2, -0.15) is 0 Å². The van der Waals surface area contributed by atoms with Gasteiger partial charge in [-0.15, -0.1) is 0 Å². The number of carboxylic acid groups (broad SMARTS) is 1. The number of carbonyl (C=O) groups is 2. The molecule has 1 N–H and O–H groups in total. The monoisotopic (exact) mass is 250 g/mol. The molecule has 0 fully saturated rings. The van der Waals surface area contributed by atoms with E-state index < -0.39 is 5.97 Å². The second-order valence-corrected chi connectivity index (χ2v) is 4.23. The van der Waals surface area contributed by atoms with Crippen LogP contribution in [0.25, 0.3) is 0 Å². The van der Waals surface area contributed by atoms with E-state index in [9.17, 15) is 9.59 Å². The Morgan fingerprint density at radius 3 is 2.50 bits per heavy atom. The Labute approximate surface area is 107 Å². The number of ketones is 1. The number of aryl methyl sites for hydroxylation is 1. The minimum absolute atomic E-state index is 0.000869. The van der Waals surface area contributed by atoms with Crippen LogP contribution in [0.1, 0.15) is 41.6 Å². The minimum atomic E-state index is -0.824. The van der Waals surface area contributed by atoms with Crippen LogP contribution in [0.2, 0.25) is 0 Å². The van der Waals surface area contributed by atoms with E-state index >= 15 is 0 Å². The maximum absolute atomic E-state index is 12.0. The molecule has 0 spiro atoms. The van der Waals surface area contributed by atoms with Crippen molar-refractivity contribution in [2.75, 3.05) is 7.11 Å². The number of rotatable bonds is 7. The second kappa shape index (κ2) is 6.79. The van der Waals surface area contributed by atoms with Crippen molar-refractivity contribution in [3.63, 3.8) is 0 Å². The van der Waals surface area contributed by atoms with Crippen molar-refractivity contribution in [3.05, 3.63) is 29.3 Å². The summed E-state index contributed by atoms with van der Waals surface area (Å²) in [5.74, 6) is -0.250. The molecule has 1 aromatic rings. The molecule has 0 amide bonds. The minimum Gasteiger partial charge on any atom is -0.496 e. The Kier molecular flexibility index (Phi) is 5.36. The van der Waals surface area contributed by atoms with Crippen molar-refractivity contribution < 1.29 is 19.4 Å². The Balaban J connectivity index is 2.60. The molecular formula is C14H18O4. The fourth-order valence-corrected chi connectivity index (χ4v) is 1.74. The van der Waals surface area contributed by atoms with Crippen molar-refractivity contribution in [3.8, 4) is 5.75 Å². The normalized spacial score (nSPS) is 10.1. The lowest BCUT2D eigenvalue weighted by molar-refractivity contribution is -0.137. The van der Waals surface area contributed by atoms with Crippen molar-refractivity contribution in [2.24, 2.45) is 0 Å². The Morgan fingerprint density at radius 2 is 1.89 bits per heavy atom. The molecule has 18 heavy (non-hydrogen) atoms. The van der Waals surface area contributed by atoms with Crippen LogP contribution in [0.5, 0.6) is 5.75 Å². The third kappa shape index (κ3) is 4.20. The lowest BCUT2D eigenvalue weighted by atomic mass is 10.0. The lowest BCUT2D eigenvalue weighted by Crippen LogP contribution is -2.03. The fourth-order valence-electron chi connectivity index (χ4n) is 1.74. The number of hydrogen-bond acceptors (Lipinski definition) is 3. The molecule has 0 bridgehead atoms. The zero-order valence-electron chi connectivity index (χ0n) is 10.7. The number of ether oxygens (including phenoxy) is 1. The number of aliphatic carboxylic acids is 1. The van der Waals surface area contributed by atoms with Gasteiger partial charge in [0, 0.05) is 12.8 Å². The first kappa shape index (κ1) is 14.2. The number of carbonyl (C=O) groups excluding carboxylic acids is 1. The van der Waals surface area contributed by atoms with Crippen LogP contribution in [-0.2, 0) is 4.79 Å². The first-order chi connectivity index (χ1) is 8.54. The summed E-state index contributed by atoms with van der Waals surface area (Å²) in [4.78, 5) is 22.3. The van der Waals surface area contributed by atoms with Gasteiger partial charge in [0.15, 0.2) is 5.78 Å². The van der Waals surface area contributed by atoms with Crippen LogP contribution in [0.3, 0.4) is 0 Å². The number of carboxylic acids is 1. The summed E-state index contributed by atoms with van der Waals surface area (Å²) in [7, 11) is 1.53. The molecule has 0 saturated heterocycles. The van der Waals surface area contributed by atoms with E-state index in [1.54, 1.807) is 12.1 Å². The highest BCUT2D eigenvalue weighted by Crippen LogP contribution is 2.22. The zero-order chi connectivity index (χ0) is 13.5. The summed E-state index contributed by atoms with van der Waals surface area (Å²) in [6.07, 6.45) is 1.57. The van der Waals surface area contributed by atoms with Gasteiger partial charge in [-0.05, 0) is 31.9 Å². The van der Waals surface area contributed by atoms with Gasteiger partial charge in [0.05, 0.1) is 12.7 Å². The molecule has 4 nitrogen and oxygen atoms in total. The topological polar surface area (TPSA) is 63.6 Å². The molecule has 1 rings (SSSR count). The molecule has 0 unspecified atom stereocenters. The van der Waals surface area contributed by atoms with Gasteiger partial charge < -0.3 is 9.84 Å². The Hall–Kier alpha value is -1.84. The first-order valence-corrected chi connectivity index (χ1v) is 5.94. The molecule has 0 heterocycles. The standard InChI is InChI=1S/C14H18O4/c1-10-7-8-13(18-2)11(9-10)12(15)5-3-4-6-14(16)17/h7-9H,3-6H2,1-2H3,(H,16,17). The third-order valence-electron chi connectivity index (χ3n) is 2.70. The number of hydrogen-bond donors (Lipinski definition) is 1. The number of unbranched alkanes of at least 4 members (excludes halogenated alkanes) is 1. The molecule has 98 valence electrons. The summed E-state index contributed by atoms with van der Waals surface area (Å²) in [6.45, 7) is 1.92. The Bertz CT molecular complexity index is 437. The highest BCUT2D eigenvalue weighted by atomic mass is 16.5. The molecule has 0 saturated carbocycles. The van der Waals surface area contributed by atoms with Crippen LogP contribution in [0.4, 0.5) is 0 Å². The van der Waals surface area contributed by atoms with Gasteiger partial charge in [0.2, 0.25) is 0 Å². The summed E-state index contributed by atoms with van der Waals surface area (Å²) in [6, 6.07) is 5.47. The summed E-state index contributed by atoms with van der Waals surface area (Å²) in [5.41, 5.74) is 1.58. The second-order valence-electron chi connectivity index (χ2n) is 4.23. The van der Waals surface area contributed by atoms with E-state index in [4.69, 9.17) is 9.84 Å². The van der Waals surface area contributed by atoms with E-state index in [-0.39, 0.29) is 12.2 Å². The van der Waals surface area contributed by atoms with Gasteiger partial charge in [0.1, 0.15) is 5.75 Å². The van der Waals surface area contributed by atoms with Crippen molar-refractivity contribution >= 4 is 11.8 Å². The first-order valence-electron chi connectivity index (χ1n) is 5.94. The van der Waals surface area contributed by atoms with Crippen LogP contribution >= 0.6 is 0 Å². The molecule has 0 radical (unpaired) electrons. The maximum atomic E-state index is 12.0. The predicted molar refractivity (Wildman–Crippen MR) is 68.2 cm³/mol. The van der Waals surface area contributed by atoms with Crippen molar-refractivity contribution in [1.29, 1.82) is 0 Å². The average molecular weight is 250 g/mol. The van der Waals surface area contributed by atoms with E-state index in [0.717, 1.165) is 5.56 Å². The van der Waals surface area contributed by atoms with Gasteiger partial charge >= 0.3 is 5.97 Å². The highest BCUT2D eigenvalue weighted by Gasteiger charge is 2.12. The van der Waals surface area contributed by atoms with Gasteiger partial charge in [-0.3, -0.25) is 9.59 Å². The Morgan fingerprint density at radius 1 is 1.22 bits per heavy atom. The van der Waals surface area contributed by atoms with Crippen LogP contribution < -0.4 is 4.74 Å². The zero-order valence-corrected chi connectivity index (χ0v) is 10.7. The van der Waals surface area contributed by atoms with Crippen LogP contribution in [0, 0.1) is 6.92 Å². The van der Waals surface area contributed by atoms with Crippen molar-refractivity contribution in [2.45, 2.75) is 32.6 Å². The number of benzene rings is 1. The predicted octanol–water partition coefficient (Wildman–Crippen LogP) is 2.83. The van der Waals surface area contributed by atoms with Gasteiger partial charge in [-0.1, -0.05) is 11.6 Å². The molecular weight excluding hydrogens is 232 g/mol. The van der Waals surface area contributed by atoms with E-state index in [1.165, 1.54) is 7.11 Å². The van der Waals surface area contributed by atoms with E-state index in [2.05, 4.69) is 0 Å². The molecule has 4 heteroatoms. The smallest absolute Gasteiger partial charge is 0.303 e. The highest BCUT2D eigenvalue weighted by molar-refractivity contribution is 5.98. The summed E-state index contributed by atoms with van der Waals surface area (Å²) >= 11 is 0. The van der Waals surface area contributed by atoms with Gasteiger partial charge in [0.25, 0.3) is 0 Å². The van der Waals surface area contributed by atoms with Crippen molar-refractivity contribution in [1.82, 2.24) is 0 Å². The molecule has 0 aliphatic rings. The SMILES string of the molecule is COc1ccc(C)cc1C(=O)CCCCC(=O)O. The number of Topliss-reactive ketones (excluding diaryl/α,β-unsaturated/α-hetero) is 1. The quantitative estimate of drug-likeness (QED) is 0.597. The molecule has 0 aliphatic heterocycles. The molecule has 1 aromatic carbocycles. The number of methoxy groups -OCH3 is 1. The fraction of sp³-hybridized carbons (Fsp3) is 0.429. The summed E-state index contributed by atoms with van der Waals surface area (Å²) in [5, 5.41) is 8.51. The molecule has 0 aromatic heterocycles.